The zero-order chi connectivity index (χ0) is 22.7. The van der Waals surface area contributed by atoms with Gasteiger partial charge in [-0.2, -0.15) is 5.10 Å². The van der Waals surface area contributed by atoms with Gasteiger partial charge in [0, 0.05) is 33.2 Å². The number of non-ortho nitro benzene ring substituents is 1. The van der Waals surface area contributed by atoms with Crippen molar-refractivity contribution >= 4 is 29.0 Å². The van der Waals surface area contributed by atoms with E-state index in [9.17, 15) is 14.9 Å². The minimum atomic E-state index is -0.472. The maximum Gasteiger partial charge on any atom is 0.273 e. The molecule has 0 aliphatic heterocycles. The average molecular weight is 445 g/mol. The minimum absolute atomic E-state index is 0.0950. The van der Waals surface area contributed by atoms with Crippen LogP contribution in [0.15, 0.2) is 82.6 Å². The summed E-state index contributed by atoms with van der Waals surface area (Å²) in [7, 11) is 0. The van der Waals surface area contributed by atoms with Crippen LogP contribution in [0, 0.1) is 24.0 Å². The minimum Gasteiger partial charge on any atom is -0.320 e. The van der Waals surface area contributed by atoms with Gasteiger partial charge in [-0.3, -0.25) is 20.0 Å². The summed E-state index contributed by atoms with van der Waals surface area (Å²) in [6.07, 6.45) is 0. The summed E-state index contributed by atoms with van der Waals surface area (Å²) in [5, 5.41) is 21.1. The summed E-state index contributed by atoms with van der Waals surface area (Å²) < 4.78 is 0. The first-order chi connectivity index (χ1) is 15.4. The Hall–Kier alpha value is -3.91. The van der Waals surface area contributed by atoms with Crippen molar-refractivity contribution in [3.05, 3.63) is 99.7 Å². The monoisotopic (exact) mass is 444 g/mol. The van der Waals surface area contributed by atoms with Crippen LogP contribution < -0.4 is 5.32 Å². The Kier molecular flexibility index (Phi) is 6.04. The van der Waals surface area contributed by atoms with Crippen molar-refractivity contribution in [2.75, 3.05) is 5.32 Å². The molecule has 1 heterocycles. The zero-order valence-electron chi connectivity index (χ0n) is 17.5. The number of amides is 1. The topological polar surface area (TPSA) is 101 Å². The zero-order valence-corrected chi connectivity index (χ0v) is 18.3. The number of aromatic nitrogens is 2. The van der Waals surface area contributed by atoms with Crippen LogP contribution >= 0.6 is 11.8 Å². The summed E-state index contributed by atoms with van der Waals surface area (Å²) in [5.41, 5.74) is 4.30. The highest BCUT2D eigenvalue weighted by molar-refractivity contribution is 7.99. The van der Waals surface area contributed by atoms with E-state index in [1.165, 1.54) is 23.9 Å². The fourth-order valence-corrected chi connectivity index (χ4v) is 3.98. The molecule has 4 aromatic rings. The molecule has 0 radical (unpaired) electrons. The lowest BCUT2D eigenvalue weighted by atomic mass is 10.1. The molecule has 0 fully saturated rings. The van der Waals surface area contributed by atoms with E-state index in [2.05, 4.69) is 15.5 Å². The molecule has 8 heteroatoms. The SMILES string of the molecule is Cc1ccc(Sc2cc(NC(=O)c3cc(-c4ccc(C)cc4)n[nH]3)cc([N+](=O)[O-])c2)cc1. The molecular weight excluding hydrogens is 424 g/mol. The molecule has 2 N–H and O–H groups in total. The predicted molar refractivity (Wildman–Crippen MR) is 125 cm³/mol. The Morgan fingerprint density at radius 2 is 1.59 bits per heavy atom. The molecule has 160 valence electrons. The van der Waals surface area contributed by atoms with Gasteiger partial charge in [-0.25, -0.2) is 0 Å². The second kappa shape index (κ2) is 9.07. The number of carbonyl (C=O) groups excluding carboxylic acids is 1. The Balaban J connectivity index is 1.55. The summed E-state index contributed by atoms with van der Waals surface area (Å²) in [6.45, 7) is 3.99. The summed E-state index contributed by atoms with van der Waals surface area (Å²) in [4.78, 5) is 25.3. The highest BCUT2D eigenvalue weighted by Crippen LogP contribution is 2.33. The van der Waals surface area contributed by atoms with Gasteiger partial charge in [0.25, 0.3) is 11.6 Å². The Labute approximate surface area is 189 Å². The number of aromatic amines is 1. The van der Waals surface area contributed by atoms with Gasteiger partial charge < -0.3 is 5.32 Å². The highest BCUT2D eigenvalue weighted by Gasteiger charge is 2.15. The number of hydrogen-bond donors (Lipinski definition) is 2. The fraction of sp³-hybridized carbons (Fsp3) is 0.0833. The molecule has 7 nitrogen and oxygen atoms in total. The van der Waals surface area contributed by atoms with Crippen molar-refractivity contribution in [2.45, 2.75) is 23.6 Å². The normalized spacial score (nSPS) is 10.7. The first kappa shape index (κ1) is 21.3. The number of hydrogen-bond acceptors (Lipinski definition) is 5. The molecular formula is C24H20N4O3S. The van der Waals surface area contributed by atoms with Gasteiger partial charge >= 0.3 is 0 Å². The Morgan fingerprint density at radius 1 is 0.938 bits per heavy atom. The van der Waals surface area contributed by atoms with Crippen molar-refractivity contribution in [1.82, 2.24) is 10.2 Å². The first-order valence-electron chi connectivity index (χ1n) is 9.85. The molecule has 0 unspecified atom stereocenters. The third-order valence-electron chi connectivity index (χ3n) is 4.79. The van der Waals surface area contributed by atoms with Crippen LogP contribution in [0.2, 0.25) is 0 Å². The molecule has 3 aromatic carbocycles. The van der Waals surface area contributed by atoms with Gasteiger partial charge in [0.05, 0.1) is 10.6 Å². The van der Waals surface area contributed by atoms with Gasteiger partial charge in [0.15, 0.2) is 0 Å². The maximum absolute atomic E-state index is 12.7. The highest BCUT2D eigenvalue weighted by atomic mass is 32.2. The second-order valence-corrected chi connectivity index (χ2v) is 8.52. The number of nitro groups is 1. The summed E-state index contributed by atoms with van der Waals surface area (Å²) in [6, 6.07) is 21.9. The van der Waals surface area contributed by atoms with Gasteiger partial charge in [0.2, 0.25) is 0 Å². The van der Waals surface area contributed by atoms with Crippen LogP contribution in [0.5, 0.6) is 0 Å². The van der Waals surface area contributed by atoms with E-state index < -0.39 is 10.8 Å². The van der Waals surface area contributed by atoms with Crippen LogP contribution in [0.4, 0.5) is 11.4 Å². The lowest BCUT2D eigenvalue weighted by Crippen LogP contribution is -2.12. The van der Waals surface area contributed by atoms with Crippen LogP contribution in [-0.2, 0) is 0 Å². The smallest absolute Gasteiger partial charge is 0.273 e. The van der Waals surface area contributed by atoms with E-state index in [-0.39, 0.29) is 11.4 Å². The van der Waals surface area contributed by atoms with Crippen LogP contribution in [0.3, 0.4) is 0 Å². The first-order valence-corrected chi connectivity index (χ1v) is 10.7. The van der Waals surface area contributed by atoms with Crippen LogP contribution in [-0.4, -0.2) is 21.0 Å². The quantitative estimate of drug-likeness (QED) is 0.280. The molecule has 0 aliphatic rings. The van der Waals surface area contributed by atoms with Crippen molar-refractivity contribution < 1.29 is 9.72 Å². The van der Waals surface area contributed by atoms with Crippen LogP contribution in [0.25, 0.3) is 11.3 Å². The lowest BCUT2D eigenvalue weighted by Gasteiger charge is -2.07. The molecule has 32 heavy (non-hydrogen) atoms. The predicted octanol–water partition coefficient (Wildman–Crippen LogP) is 6.01. The number of nitro benzene ring substituents is 1. The van der Waals surface area contributed by atoms with Crippen molar-refractivity contribution in [1.29, 1.82) is 0 Å². The molecule has 1 amide bonds. The third kappa shape index (κ3) is 5.04. The van der Waals surface area contributed by atoms with E-state index in [4.69, 9.17) is 0 Å². The standard InChI is InChI=1S/C24H20N4O3S/c1-15-3-7-17(8-4-15)22-14-23(27-26-22)24(29)25-18-11-19(28(30)31)13-21(12-18)32-20-9-5-16(2)6-10-20/h3-14H,1-2H3,(H,25,29)(H,26,27). The average Bonchev–Trinajstić information content (AvgIpc) is 3.26. The van der Waals surface area contributed by atoms with Crippen LogP contribution in [0.1, 0.15) is 21.6 Å². The van der Waals surface area contributed by atoms with E-state index in [1.807, 2.05) is 62.4 Å². The Morgan fingerprint density at radius 3 is 2.25 bits per heavy atom. The van der Waals surface area contributed by atoms with E-state index >= 15 is 0 Å². The fourth-order valence-electron chi connectivity index (χ4n) is 3.07. The molecule has 0 aliphatic carbocycles. The number of nitrogens with zero attached hydrogens (tertiary/aromatic N) is 2. The lowest BCUT2D eigenvalue weighted by molar-refractivity contribution is -0.385. The summed E-state index contributed by atoms with van der Waals surface area (Å²) in [5.74, 6) is -0.428. The largest absolute Gasteiger partial charge is 0.320 e. The number of nitrogens with one attached hydrogen (secondary N) is 2. The molecule has 0 saturated heterocycles. The van der Waals surface area contributed by atoms with Crippen molar-refractivity contribution in [3.8, 4) is 11.3 Å². The second-order valence-electron chi connectivity index (χ2n) is 7.37. The van der Waals surface area contributed by atoms with E-state index in [0.717, 1.165) is 21.6 Å². The van der Waals surface area contributed by atoms with Crippen molar-refractivity contribution in [3.63, 3.8) is 0 Å². The number of benzene rings is 3. The molecule has 4 rings (SSSR count). The number of carbonyl (C=O) groups is 1. The number of aryl methyl sites for hydroxylation is 2. The molecule has 0 bridgehead atoms. The number of rotatable bonds is 6. The summed E-state index contributed by atoms with van der Waals surface area (Å²) >= 11 is 1.39. The third-order valence-corrected chi connectivity index (χ3v) is 5.77. The molecule has 0 atom stereocenters. The van der Waals surface area contributed by atoms with E-state index in [0.29, 0.717) is 16.3 Å². The Bertz CT molecular complexity index is 1280. The molecule has 0 spiro atoms. The van der Waals surface area contributed by atoms with Gasteiger partial charge in [0.1, 0.15) is 5.69 Å². The van der Waals surface area contributed by atoms with E-state index in [1.54, 1.807) is 12.1 Å². The van der Waals surface area contributed by atoms with Gasteiger partial charge in [-0.15, -0.1) is 0 Å². The number of anilines is 1. The maximum atomic E-state index is 12.7. The molecule has 1 aromatic heterocycles. The van der Waals surface area contributed by atoms with Gasteiger partial charge in [-0.1, -0.05) is 59.3 Å². The number of H-pyrrole nitrogens is 1. The van der Waals surface area contributed by atoms with Gasteiger partial charge in [-0.05, 0) is 38.1 Å². The van der Waals surface area contributed by atoms with Crippen molar-refractivity contribution in [2.24, 2.45) is 0 Å². The molecule has 0 saturated carbocycles.